The van der Waals surface area contributed by atoms with Gasteiger partial charge in [-0.1, -0.05) is 19.8 Å². The average molecular weight is 258 g/mol. The molecule has 3 heteroatoms. The monoisotopic (exact) mass is 257 g/mol. The number of pyridine rings is 1. The van der Waals surface area contributed by atoms with Gasteiger partial charge in [0.05, 0.1) is 6.10 Å². The summed E-state index contributed by atoms with van der Waals surface area (Å²) in [6, 6.07) is 2.00. The first kappa shape index (κ1) is 11.7. The number of halogens is 1. The van der Waals surface area contributed by atoms with Gasteiger partial charge in [-0.25, -0.2) is 0 Å². The summed E-state index contributed by atoms with van der Waals surface area (Å²) in [6.45, 7) is 2.13. The van der Waals surface area contributed by atoms with E-state index in [0.29, 0.717) is 6.42 Å². The molecule has 14 heavy (non-hydrogen) atoms. The Labute approximate surface area is 93.5 Å². The summed E-state index contributed by atoms with van der Waals surface area (Å²) in [6.07, 6.45) is 7.12. The van der Waals surface area contributed by atoms with Crippen LogP contribution in [0, 0.1) is 0 Å². The highest BCUT2D eigenvalue weighted by atomic mass is 79.9. The van der Waals surface area contributed by atoms with Crippen LogP contribution in [0.25, 0.3) is 0 Å². The first-order chi connectivity index (χ1) is 6.72. The predicted octanol–water partition coefficient (Wildman–Crippen LogP) is 2.94. The van der Waals surface area contributed by atoms with E-state index in [0.717, 1.165) is 29.3 Å². The lowest BCUT2D eigenvalue weighted by Gasteiger charge is -2.09. The van der Waals surface area contributed by atoms with E-state index in [9.17, 15) is 5.11 Å². The predicted molar refractivity (Wildman–Crippen MR) is 61.2 cm³/mol. The quantitative estimate of drug-likeness (QED) is 0.880. The lowest BCUT2D eigenvalue weighted by atomic mass is 10.1. The fourth-order valence-corrected chi connectivity index (χ4v) is 1.79. The van der Waals surface area contributed by atoms with E-state index < -0.39 is 0 Å². The summed E-state index contributed by atoms with van der Waals surface area (Å²) in [7, 11) is 0. The van der Waals surface area contributed by atoms with Crippen LogP contribution < -0.4 is 0 Å². The second-order valence-electron chi connectivity index (χ2n) is 3.51. The van der Waals surface area contributed by atoms with Gasteiger partial charge in [-0.05, 0) is 40.4 Å². The fraction of sp³-hybridized carbons (Fsp3) is 0.545. The van der Waals surface area contributed by atoms with Gasteiger partial charge in [-0.2, -0.15) is 0 Å². The molecular weight excluding hydrogens is 242 g/mol. The van der Waals surface area contributed by atoms with Crippen molar-refractivity contribution >= 4 is 15.9 Å². The Kier molecular flexibility index (Phi) is 5.12. The molecule has 1 aromatic heterocycles. The van der Waals surface area contributed by atoms with E-state index in [4.69, 9.17) is 0 Å². The van der Waals surface area contributed by atoms with Crippen molar-refractivity contribution in [1.82, 2.24) is 4.98 Å². The number of aromatic nitrogens is 1. The molecule has 1 unspecified atom stereocenters. The maximum Gasteiger partial charge on any atom is 0.0581 e. The summed E-state index contributed by atoms with van der Waals surface area (Å²) in [4.78, 5) is 4.06. The second kappa shape index (κ2) is 6.14. The number of hydrogen-bond donors (Lipinski definition) is 1. The molecule has 1 heterocycles. The molecule has 0 radical (unpaired) electrons. The molecule has 1 atom stereocenters. The first-order valence-electron chi connectivity index (χ1n) is 5.00. The van der Waals surface area contributed by atoms with Crippen molar-refractivity contribution < 1.29 is 5.11 Å². The fourth-order valence-electron chi connectivity index (χ4n) is 1.38. The SMILES string of the molecule is CCCCC(O)Cc1cncc(Br)c1. The first-order valence-corrected chi connectivity index (χ1v) is 5.79. The minimum Gasteiger partial charge on any atom is -0.393 e. The van der Waals surface area contributed by atoms with Crippen LogP contribution >= 0.6 is 15.9 Å². The van der Waals surface area contributed by atoms with Crippen LogP contribution in [0.2, 0.25) is 0 Å². The molecule has 1 rings (SSSR count). The van der Waals surface area contributed by atoms with Crippen molar-refractivity contribution in [2.75, 3.05) is 0 Å². The molecule has 0 saturated heterocycles. The van der Waals surface area contributed by atoms with E-state index in [1.165, 1.54) is 0 Å². The summed E-state index contributed by atoms with van der Waals surface area (Å²) >= 11 is 3.36. The molecule has 1 aromatic rings. The van der Waals surface area contributed by atoms with Crippen molar-refractivity contribution in [1.29, 1.82) is 0 Å². The van der Waals surface area contributed by atoms with Crippen LogP contribution in [-0.2, 0) is 6.42 Å². The van der Waals surface area contributed by atoms with Gasteiger partial charge in [0.15, 0.2) is 0 Å². The minimum absolute atomic E-state index is 0.231. The van der Waals surface area contributed by atoms with E-state index in [1.807, 2.05) is 6.07 Å². The van der Waals surface area contributed by atoms with Gasteiger partial charge in [0.1, 0.15) is 0 Å². The molecular formula is C11H16BrNO. The smallest absolute Gasteiger partial charge is 0.0581 e. The molecule has 0 aliphatic rings. The third-order valence-corrected chi connectivity index (χ3v) is 2.56. The number of aliphatic hydroxyl groups is 1. The molecule has 0 aliphatic carbocycles. The zero-order valence-corrected chi connectivity index (χ0v) is 10.00. The van der Waals surface area contributed by atoms with Gasteiger partial charge in [-0.15, -0.1) is 0 Å². The molecule has 2 nitrogen and oxygen atoms in total. The zero-order valence-electron chi connectivity index (χ0n) is 8.41. The summed E-state index contributed by atoms with van der Waals surface area (Å²) in [5.74, 6) is 0. The normalized spacial score (nSPS) is 12.8. The number of unbranched alkanes of at least 4 members (excludes halogenated alkanes) is 1. The van der Waals surface area contributed by atoms with Crippen LogP contribution in [0.1, 0.15) is 31.7 Å². The van der Waals surface area contributed by atoms with Crippen LogP contribution in [0.4, 0.5) is 0 Å². The van der Waals surface area contributed by atoms with Crippen molar-refractivity contribution in [2.45, 2.75) is 38.7 Å². The number of rotatable bonds is 5. The van der Waals surface area contributed by atoms with Gasteiger partial charge >= 0.3 is 0 Å². The highest BCUT2D eigenvalue weighted by Gasteiger charge is 2.05. The molecule has 0 aliphatic heterocycles. The summed E-state index contributed by atoms with van der Waals surface area (Å²) in [5, 5.41) is 9.68. The third kappa shape index (κ3) is 4.20. The Hall–Kier alpha value is -0.410. The van der Waals surface area contributed by atoms with Crippen LogP contribution in [0.15, 0.2) is 22.9 Å². The molecule has 0 aromatic carbocycles. The van der Waals surface area contributed by atoms with Gasteiger partial charge in [0, 0.05) is 16.9 Å². The molecule has 0 spiro atoms. The Morgan fingerprint density at radius 1 is 1.50 bits per heavy atom. The minimum atomic E-state index is -0.231. The largest absolute Gasteiger partial charge is 0.393 e. The average Bonchev–Trinajstić information content (AvgIpc) is 2.15. The molecule has 0 saturated carbocycles. The molecule has 0 bridgehead atoms. The van der Waals surface area contributed by atoms with E-state index in [-0.39, 0.29) is 6.10 Å². The summed E-state index contributed by atoms with van der Waals surface area (Å²) < 4.78 is 0.970. The number of hydrogen-bond acceptors (Lipinski definition) is 2. The molecule has 0 fully saturated rings. The lowest BCUT2D eigenvalue weighted by Crippen LogP contribution is -2.10. The Balaban J connectivity index is 2.43. The topological polar surface area (TPSA) is 33.1 Å². The Morgan fingerprint density at radius 2 is 2.29 bits per heavy atom. The van der Waals surface area contributed by atoms with Crippen LogP contribution in [0.3, 0.4) is 0 Å². The number of aliphatic hydroxyl groups excluding tert-OH is 1. The third-order valence-electron chi connectivity index (χ3n) is 2.12. The van der Waals surface area contributed by atoms with Gasteiger partial charge in [0.2, 0.25) is 0 Å². The molecule has 0 amide bonds. The van der Waals surface area contributed by atoms with Crippen molar-refractivity contribution in [3.05, 3.63) is 28.5 Å². The van der Waals surface area contributed by atoms with Crippen molar-refractivity contribution in [2.24, 2.45) is 0 Å². The maximum atomic E-state index is 9.68. The number of nitrogens with zero attached hydrogens (tertiary/aromatic N) is 1. The Bertz CT molecular complexity index is 278. The Morgan fingerprint density at radius 3 is 2.93 bits per heavy atom. The van der Waals surface area contributed by atoms with E-state index in [1.54, 1.807) is 12.4 Å². The van der Waals surface area contributed by atoms with E-state index >= 15 is 0 Å². The van der Waals surface area contributed by atoms with Gasteiger partial charge in [0.25, 0.3) is 0 Å². The van der Waals surface area contributed by atoms with E-state index in [2.05, 4.69) is 27.8 Å². The highest BCUT2D eigenvalue weighted by Crippen LogP contribution is 2.13. The van der Waals surface area contributed by atoms with Crippen LogP contribution in [-0.4, -0.2) is 16.2 Å². The zero-order chi connectivity index (χ0) is 10.4. The van der Waals surface area contributed by atoms with Crippen molar-refractivity contribution in [3.63, 3.8) is 0 Å². The molecule has 1 N–H and O–H groups in total. The van der Waals surface area contributed by atoms with Crippen LogP contribution in [0.5, 0.6) is 0 Å². The standard InChI is InChI=1S/C11H16BrNO/c1-2-3-4-11(14)6-9-5-10(12)8-13-7-9/h5,7-8,11,14H,2-4,6H2,1H3. The van der Waals surface area contributed by atoms with Gasteiger partial charge < -0.3 is 5.11 Å². The highest BCUT2D eigenvalue weighted by molar-refractivity contribution is 9.10. The molecule has 78 valence electrons. The maximum absolute atomic E-state index is 9.68. The summed E-state index contributed by atoms with van der Waals surface area (Å²) in [5.41, 5.74) is 1.09. The van der Waals surface area contributed by atoms with Gasteiger partial charge in [-0.3, -0.25) is 4.98 Å². The van der Waals surface area contributed by atoms with Crippen molar-refractivity contribution in [3.8, 4) is 0 Å². The lowest BCUT2D eigenvalue weighted by molar-refractivity contribution is 0.161. The second-order valence-corrected chi connectivity index (χ2v) is 4.43.